The van der Waals surface area contributed by atoms with Crippen LogP contribution in [0.3, 0.4) is 0 Å². The summed E-state index contributed by atoms with van der Waals surface area (Å²) in [5.74, 6) is 0. The Kier molecular flexibility index (Phi) is 2.65. The van der Waals surface area contributed by atoms with Crippen molar-refractivity contribution in [3.8, 4) is 0 Å². The molecule has 36 valence electrons. The molecule has 0 amide bonds. The van der Waals surface area contributed by atoms with Gasteiger partial charge >= 0.3 is 0 Å². The number of carbonyl (C=O) groups is 1. The molecule has 0 aliphatic rings. The summed E-state index contributed by atoms with van der Waals surface area (Å²) in [5.41, 5.74) is 2.81. The highest BCUT2D eigenvalue weighted by Crippen LogP contribution is 1.80. The number of aldehydes is 1. The van der Waals surface area contributed by atoms with Gasteiger partial charge in [0.2, 0.25) is 0 Å². The van der Waals surface area contributed by atoms with Gasteiger partial charge in [-0.2, -0.15) is 0 Å². The molecule has 0 unspecified atom stereocenters. The third-order valence-electron chi connectivity index (χ3n) is 0.439. The Balaban J connectivity index is 3.82. The molecule has 0 bridgehead atoms. The zero-order chi connectivity index (χ0) is 5.70. The lowest BCUT2D eigenvalue weighted by Crippen LogP contribution is -1.69. The van der Waals surface area contributed by atoms with Gasteiger partial charge < -0.3 is 0 Å². The van der Waals surface area contributed by atoms with Crippen molar-refractivity contribution >= 4 is 6.29 Å². The standard InChI is InChI=1S/C6H6O/c1-3-4-6(2)5-7/h4-5H,1-2H2. The molecule has 0 heterocycles. The van der Waals surface area contributed by atoms with Crippen molar-refractivity contribution < 1.29 is 4.79 Å². The van der Waals surface area contributed by atoms with Crippen molar-refractivity contribution in [2.45, 2.75) is 0 Å². The SMILES string of the molecule is C=C=CC(=C)C=O. The second kappa shape index (κ2) is 3.13. The molecular formula is C6H6O. The molecule has 0 aliphatic carbocycles. The van der Waals surface area contributed by atoms with Gasteiger partial charge in [0.1, 0.15) is 6.29 Å². The number of rotatable bonds is 2. The second-order valence-corrected chi connectivity index (χ2v) is 1.04. The normalized spacial score (nSPS) is 6.29. The average molecular weight is 94.1 g/mol. The monoisotopic (exact) mass is 94.0 g/mol. The van der Waals surface area contributed by atoms with Gasteiger partial charge in [0.15, 0.2) is 0 Å². The predicted octanol–water partition coefficient (Wildman–Crippen LogP) is 1.08. The molecule has 0 radical (unpaired) electrons. The van der Waals surface area contributed by atoms with Crippen LogP contribution < -0.4 is 0 Å². The fraction of sp³-hybridized carbons (Fsp3) is 0. The fourth-order valence-corrected chi connectivity index (χ4v) is 0.165. The van der Waals surface area contributed by atoms with E-state index >= 15 is 0 Å². The lowest BCUT2D eigenvalue weighted by atomic mass is 10.3. The number of hydrogen-bond acceptors (Lipinski definition) is 1. The number of carbonyl (C=O) groups excluding carboxylic acids is 1. The Bertz CT molecular complexity index is 127. The summed E-state index contributed by atoms with van der Waals surface area (Å²) in [7, 11) is 0. The molecule has 0 aliphatic heterocycles. The summed E-state index contributed by atoms with van der Waals surface area (Å²) in [6.07, 6.45) is 2.07. The van der Waals surface area contributed by atoms with Crippen molar-refractivity contribution in [3.63, 3.8) is 0 Å². The average Bonchev–Trinajstić information content (AvgIpc) is 1.68. The van der Waals surface area contributed by atoms with Crippen molar-refractivity contribution in [2.24, 2.45) is 0 Å². The molecule has 0 spiro atoms. The Hall–Kier alpha value is -1.07. The van der Waals surface area contributed by atoms with Gasteiger partial charge in [-0.1, -0.05) is 13.2 Å². The molecule has 0 N–H and O–H groups in total. The van der Waals surface area contributed by atoms with E-state index in [0.29, 0.717) is 11.9 Å². The van der Waals surface area contributed by atoms with Gasteiger partial charge in [-0.25, -0.2) is 0 Å². The molecule has 0 fully saturated rings. The van der Waals surface area contributed by atoms with Crippen LogP contribution in [-0.4, -0.2) is 6.29 Å². The molecule has 1 nitrogen and oxygen atoms in total. The minimum absolute atomic E-state index is 0.398. The Morgan fingerprint density at radius 3 is 2.43 bits per heavy atom. The molecule has 0 aromatic rings. The molecule has 0 aromatic carbocycles. The molecule has 0 rings (SSSR count). The van der Waals surface area contributed by atoms with Crippen LogP contribution in [0.25, 0.3) is 0 Å². The first kappa shape index (κ1) is 5.93. The lowest BCUT2D eigenvalue weighted by Gasteiger charge is -1.71. The highest BCUT2D eigenvalue weighted by atomic mass is 16.1. The van der Waals surface area contributed by atoms with Gasteiger partial charge in [0, 0.05) is 5.57 Å². The van der Waals surface area contributed by atoms with Gasteiger partial charge in [-0.05, 0) is 6.08 Å². The van der Waals surface area contributed by atoms with E-state index in [1.807, 2.05) is 0 Å². The van der Waals surface area contributed by atoms with Gasteiger partial charge in [-0.15, -0.1) is 5.73 Å². The summed E-state index contributed by atoms with van der Waals surface area (Å²) in [6.45, 7) is 6.59. The summed E-state index contributed by atoms with van der Waals surface area (Å²) < 4.78 is 0. The molecule has 0 aromatic heterocycles. The van der Waals surface area contributed by atoms with Crippen molar-refractivity contribution in [1.82, 2.24) is 0 Å². The Morgan fingerprint density at radius 2 is 2.29 bits per heavy atom. The maximum absolute atomic E-state index is 9.70. The van der Waals surface area contributed by atoms with E-state index in [0.717, 1.165) is 0 Å². The van der Waals surface area contributed by atoms with E-state index in [-0.39, 0.29) is 0 Å². The first-order valence-corrected chi connectivity index (χ1v) is 1.81. The van der Waals surface area contributed by atoms with Crippen LogP contribution in [0.5, 0.6) is 0 Å². The summed E-state index contributed by atoms with van der Waals surface area (Å²) in [6, 6.07) is 0. The molecule has 7 heavy (non-hydrogen) atoms. The largest absolute Gasteiger partial charge is 0.298 e. The van der Waals surface area contributed by atoms with Crippen molar-refractivity contribution in [1.29, 1.82) is 0 Å². The van der Waals surface area contributed by atoms with Gasteiger partial charge in [-0.3, -0.25) is 4.79 Å². The molecule has 0 saturated carbocycles. The molecule has 1 heteroatoms. The van der Waals surface area contributed by atoms with Crippen LogP contribution in [0.4, 0.5) is 0 Å². The maximum Gasteiger partial charge on any atom is 0.150 e. The molecular weight excluding hydrogens is 88.1 g/mol. The number of allylic oxidation sites excluding steroid dienone is 2. The fourth-order valence-electron chi connectivity index (χ4n) is 0.165. The van der Waals surface area contributed by atoms with E-state index in [1.54, 1.807) is 0 Å². The van der Waals surface area contributed by atoms with Crippen molar-refractivity contribution in [3.05, 3.63) is 30.5 Å². The maximum atomic E-state index is 9.70. The van der Waals surface area contributed by atoms with Crippen LogP contribution in [0.15, 0.2) is 30.5 Å². The smallest absolute Gasteiger partial charge is 0.150 e. The highest BCUT2D eigenvalue weighted by Gasteiger charge is 1.74. The van der Waals surface area contributed by atoms with Crippen LogP contribution in [-0.2, 0) is 4.79 Å². The minimum atomic E-state index is 0.398. The summed E-state index contributed by atoms with van der Waals surface area (Å²) >= 11 is 0. The third kappa shape index (κ3) is 2.74. The topological polar surface area (TPSA) is 17.1 Å². The predicted molar refractivity (Wildman–Crippen MR) is 28.9 cm³/mol. The van der Waals surface area contributed by atoms with Crippen LogP contribution in [0, 0.1) is 0 Å². The molecule has 0 saturated heterocycles. The minimum Gasteiger partial charge on any atom is -0.298 e. The third-order valence-corrected chi connectivity index (χ3v) is 0.439. The second-order valence-electron chi connectivity index (χ2n) is 1.04. The quantitative estimate of drug-likeness (QED) is 0.216. The van der Waals surface area contributed by atoms with E-state index < -0.39 is 0 Å². The van der Waals surface area contributed by atoms with Crippen molar-refractivity contribution in [2.75, 3.05) is 0 Å². The summed E-state index contributed by atoms with van der Waals surface area (Å²) in [5, 5.41) is 0. The molecule has 0 atom stereocenters. The lowest BCUT2D eigenvalue weighted by molar-refractivity contribution is -0.104. The Morgan fingerprint density at radius 1 is 1.71 bits per heavy atom. The first-order chi connectivity index (χ1) is 3.31. The first-order valence-electron chi connectivity index (χ1n) is 1.81. The van der Waals surface area contributed by atoms with Gasteiger partial charge in [0.05, 0.1) is 0 Å². The van der Waals surface area contributed by atoms with Crippen LogP contribution in [0.2, 0.25) is 0 Å². The zero-order valence-corrected chi connectivity index (χ0v) is 3.98. The van der Waals surface area contributed by atoms with Gasteiger partial charge in [0.25, 0.3) is 0 Å². The zero-order valence-electron chi connectivity index (χ0n) is 3.98. The van der Waals surface area contributed by atoms with E-state index in [2.05, 4.69) is 18.9 Å². The van der Waals surface area contributed by atoms with E-state index in [4.69, 9.17) is 0 Å². The summed E-state index contributed by atoms with van der Waals surface area (Å²) in [4.78, 5) is 9.70. The van der Waals surface area contributed by atoms with E-state index in [9.17, 15) is 4.79 Å². The van der Waals surface area contributed by atoms with Crippen LogP contribution in [0.1, 0.15) is 0 Å². The highest BCUT2D eigenvalue weighted by molar-refractivity contribution is 5.75. The van der Waals surface area contributed by atoms with Crippen LogP contribution >= 0.6 is 0 Å². The number of hydrogen-bond donors (Lipinski definition) is 0. The van der Waals surface area contributed by atoms with E-state index in [1.165, 1.54) is 6.08 Å². The Labute approximate surface area is 42.7 Å².